The van der Waals surface area contributed by atoms with Crippen LogP contribution in [0.5, 0.6) is 0 Å². The number of anilines is 1. The predicted molar refractivity (Wildman–Crippen MR) is 78.6 cm³/mol. The van der Waals surface area contributed by atoms with E-state index in [2.05, 4.69) is 26.2 Å². The number of H-pyrrole nitrogens is 1. The minimum absolute atomic E-state index is 0.317. The average molecular weight is 337 g/mol. The number of rotatable bonds is 4. The number of benzene rings is 1. The molecular formula is C14H13BrN2O3. The van der Waals surface area contributed by atoms with Crippen molar-refractivity contribution in [2.24, 2.45) is 0 Å². The molecule has 2 rings (SSSR count). The van der Waals surface area contributed by atoms with Crippen LogP contribution in [0.15, 0.2) is 41.0 Å². The third-order valence-electron chi connectivity index (χ3n) is 2.61. The molecule has 0 atom stereocenters. The van der Waals surface area contributed by atoms with E-state index in [0.717, 1.165) is 10.0 Å². The second kappa shape index (κ2) is 6.38. The maximum Gasteiger partial charge on any atom is 0.355 e. The quantitative estimate of drug-likeness (QED) is 0.843. The molecule has 1 aromatic heterocycles. The van der Waals surface area contributed by atoms with Crippen molar-refractivity contribution in [1.29, 1.82) is 0 Å². The van der Waals surface area contributed by atoms with Crippen molar-refractivity contribution in [1.82, 2.24) is 4.98 Å². The van der Waals surface area contributed by atoms with E-state index in [9.17, 15) is 9.59 Å². The van der Waals surface area contributed by atoms with Gasteiger partial charge in [0.2, 0.25) is 0 Å². The summed E-state index contributed by atoms with van der Waals surface area (Å²) >= 11 is 3.35. The summed E-state index contributed by atoms with van der Waals surface area (Å²) in [5.41, 5.74) is 1.93. The van der Waals surface area contributed by atoms with Crippen molar-refractivity contribution in [3.63, 3.8) is 0 Å². The van der Waals surface area contributed by atoms with Crippen molar-refractivity contribution < 1.29 is 14.3 Å². The molecule has 1 amide bonds. The molecule has 0 spiro atoms. The van der Waals surface area contributed by atoms with Crippen LogP contribution in [-0.4, -0.2) is 23.5 Å². The molecule has 5 nitrogen and oxygen atoms in total. The number of ether oxygens (including phenoxy) is 1. The van der Waals surface area contributed by atoms with Crippen LogP contribution in [0.2, 0.25) is 0 Å². The SMILES string of the molecule is Cc1cc(Br)ccc1NC(=O)COC(=O)c1ccc[nH]1. The smallest absolute Gasteiger partial charge is 0.355 e. The van der Waals surface area contributed by atoms with Gasteiger partial charge in [0, 0.05) is 16.4 Å². The van der Waals surface area contributed by atoms with Crippen molar-refractivity contribution in [2.75, 3.05) is 11.9 Å². The van der Waals surface area contributed by atoms with E-state index in [0.29, 0.717) is 11.4 Å². The fourth-order valence-electron chi connectivity index (χ4n) is 1.62. The molecule has 0 aliphatic carbocycles. The van der Waals surface area contributed by atoms with Crippen LogP contribution in [0.1, 0.15) is 16.1 Å². The van der Waals surface area contributed by atoms with Crippen LogP contribution in [0, 0.1) is 6.92 Å². The Bertz CT molecular complexity index is 623. The molecule has 2 N–H and O–H groups in total. The Kier molecular flexibility index (Phi) is 4.57. The molecule has 2 aromatic rings. The first-order valence-electron chi connectivity index (χ1n) is 5.93. The summed E-state index contributed by atoms with van der Waals surface area (Å²) < 4.78 is 5.83. The summed E-state index contributed by atoms with van der Waals surface area (Å²) in [6.07, 6.45) is 1.61. The minimum Gasteiger partial charge on any atom is -0.451 e. The van der Waals surface area contributed by atoms with Crippen LogP contribution in [0.4, 0.5) is 5.69 Å². The third kappa shape index (κ3) is 3.71. The highest BCUT2D eigenvalue weighted by atomic mass is 79.9. The van der Waals surface area contributed by atoms with E-state index >= 15 is 0 Å². The third-order valence-corrected chi connectivity index (χ3v) is 3.11. The lowest BCUT2D eigenvalue weighted by molar-refractivity contribution is -0.119. The van der Waals surface area contributed by atoms with Crippen molar-refractivity contribution in [3.05, 3.63) is 52.3 Å². The highest BCUT2D eigenvalue weighted by Gasteiger charge is 2.11. The molecule has 6 heteroatoms. The number of aryl methyl sites for hydroxylation is 1. The summed E-state index contributed by atoms with van der Waals surface area (Å²) in [5, 5.41) is 2.69. The number of esters is 1. The number of nitrogens with one attached hydrogen (secondary N) is 2. The van der Waals surface area contributed by atoms with Gasteiger partial charge in [-0.05, 0) is 42.8 Å². The van der Waals surface area contributed by atoms with Crippen molar-refractivity contribution in [3.8, 4) is 0 Å². The Morgan fingerprint density at radius 3 is 2.80 bits per heavy atom. The summed E-state index contributed by atoms with van der Waals surface area (Å²) in [5.74, 6) is -0.937. The van der Waals surface area contributed by atoms with Crippen LogP contribution < -0.4 is 5.32 Å². The van der Waals surface area contributed by atoms with Gasteiger partial charge in [-0.3, -0.25) is 4.79 Å². The summed E-state index contributed by atoms with van der Waals surface area (Å²) in [4.78, 5) is 26.0. The molecule has 0 aliphatic heterocycles. The van der Waals surface area contributed by atoms with Crippen molar-refractivity contribution >= 4 is 33.5 Å². The van der Waals surface area contributed by atoms with Gasteiger partial charge in [0.1, 0.15) is 5.69 Å². The van der Waals surface area contributed by atoms with Gasteiger partial charge in [0.15, 0.2) is 6.61 Å². The topological polar surface area (TPSA) is 71.2 Å². The number of hydrogen-bond donors (Lipinski definition) is 2. The lowest BCUT2D eigenvalue weighted by Crippen LogP contribution is -2.21. The number of carbonyl (C=O) groups is 2. The van der Waals surface area contributed by atoms with E-state index in [1.54, 1.807) is 24.4 Å². The Morgan fingerprint density at radius 2 is 2.15 bits per heavy atom. The first-order valence-corrected chi connectivity index (χ1v) is 6.72. The fraction of sp³-hybridized carbons (Fsp3) is 0.143. The van der Waals surface area contributed by atoms with E-state index in [1.807, 2.05) is 19.1 Å². The van der Waals surface area contributed by atoms with Gasteiger partial charge in [-0.1, -0.05) is 15.9 Å². The van der Waals surface area contributed by atoms with Gasteiger partial charge in [-0.25, -0.2) is 4.79 Å². The molecule has 0 unspecified atom stereocenters. The number of aromatic amines is 1. The van der Waals surface area contributed by atoms with Crippen LogP contribution in [-0.2, 0) is 9.53 Å². The number of amides is 1. The summed E-state index contributed by atoms with van der Waals surface area (Å²) in [7, 11) is 0. The average Bonchev–Trinajstić information content (AvgIpc) is 2.93. The number of halogens is 1. The summed E-state index contributed by atoms with van der Waals surface area (Å²) in [6, 6.07) is 8.76. The molecule has 0 saturated heterocycles. The first kappa shape index (κ1) is 14.3. The Labute approximate surface area is 124 Å². The molecule has 1 heterocycles. The largest absolute Gasteiger partial charge is 0.451 e. The molecule has 0 fully saturated rings. The molecule has 20 heavy (non-hydrogen) atoms. The maximum atomic E-state index is 11.7. The highest BCUT2D eigenvalue weighted by molar-refractivity contribution is 9.10. The zero-order valence-electron chi connectivity index (χ0n) is 10.8. The van der Waals surface area contributed by atoms with Crippen LogP contribution in [0.25, 0.3) is 0 Å². The Morgan fingerprint density at radius 1 is 1.35 bits per heavy atom. The normalized spacial score (nSPS) is 10.1. The summed E-state index contributed by atoms with van der Waals surface area (Å²) in [6.45, 7) is 1.55. The van der Waals surface area contributed by atoms with Crippen LogP contribution >= 0.6 is 15.9 Å². The van der Waals surface area contributed by atoms with Crippen LogP contribution in [0.3, 0.4) is 0 Å². The Balaban J connectivity index is 1.88. The van der Waals surface area contributed by atoms with E-state index in [1.165, 1.54) is 0 Å². The monoisotopic (exact) mass is 336 g/mol. The molecule has 0 saturated carbocycles. The standard InChI is InChI=1S/C14H13BrN2O3/c1-9-7-10(15)4-5-11(9)17-13(18)8-20-14(19)12-3-2-6-16-12/h2-7,16H,8H2,1H3,(H,17,18). The van der Waals surface area contributed by atoms with Gasteiger partial charge < -0.3 is 15.0 Å². The first-order chi connectivity index (χ1) is 9.56. The van der Waals surface area contributed by atoms with Crippen molar-refractivity contribution in [2.45, 2.75) is 6.92 Å². The van der Waals surface area contributed by atoms with Gasteiger partial charge >= 0.3 is 5.97 Å². The number of carbonyl (C=O) groups excluding carboxylic acids is 2. The molecule has 104 valence electrons. The maximum absolute atomic E-state index is 11.7. The molecule has 0 bridgehead atoms. The number of hydrogen-bond acceptors (Lipinski definition) is 3. The van der Waals surface area contributed by atoms with E-state index in [4.69, 9.17) is 4.74 Å². The minimum atomic E-state index is -0.558. The second-order valence-electron chi connectivity index (χ2n) is 4.17. The van der Waals surface area contributed by atoms with Gasteiger partial charge in [0.25, 0.3) is 5.91 Å². The fourth-order valence-corrected chi connectivity index (χ4v) is 2.10. The lowest BCUT2D eigenvalue weighted by Gasteiger charge is -2.09. The zero-order valence-corrected chi connectivity index (χ0v) is 12.4. The highest BCUT2D eigenvalue weighted by Crippen LogP contribution is 2.19. The molecular weight excluding hydrogens is 324 g/mol. The molecule has 0 radical (unpaired) electrons. The molecule has 1 aromatic carbocycles. The predicted octanol–water partition coefficient (Wildman–Crippen LogP) is 2.88. The van der Waals surface area contributed by atoms with E-state index < -0.39 is 5.97 Å². The second-order valence-corrected chi connectivity index (χ2v) is 5.08. The van der Waals surface area contributed by atoms with Gasteiger partial charge in [-0.15, -0.1) is 0 Å². The lowest BCUT2D eigenvalue weighted by atomic mass is 10.2. The van der Waals surface area contributed by atoms with E-state index in [-0.39, 0.29) is 12.5 Å². The zero-order chi connectivity index (χ0) is 14.5. The Hall–Kier alpha value is -2.08. The van der Waals surface area contributed by atoms with Gasteiger partial charge in [0.05, 0.1) is 0 Å². The number of aromatic nitrogens is 1. The molecule has 0 aliphatic rings. The van der Waals surface area contributed by atoms with Gasteiger partial charge in [-0.2, -0.15) is 0 Å².